The molecule has 0 N–H and O–H groups in total. The quantitative estimate of drug-likeness (QED) is 0.650. The second-order valence-electron chi connectivity index (χ2n) is 4.85. The lowest BCUT2D eigenvalue weighted by molar-refractivity contribution is 0.279. The molecule has 0 bridgehead atoms. The molecule has 2 fully saturated rings. The molecule has 2 atom stereocenters. The summed E-state index contributed by atoms with van der Waals surface area (Å²) in [5.41, 5.74) is 0. The first-order valence-electron chi connectivity index (χ1n) is 5.69. The van der Waals surface area contributed by atoms with Crippen LogP contribution < -0.4 is 0 Å². The Kier molecular flexibility index (Phi) is 3.74. The van der Waals surface area contributed by atoms with Gasteiger partial charge in [0.2, 0.25) is 0 Å². The summed E-state index contributed by atoms with van der Waals surface area (Å²) in [6, 6.07) is 0. The molecule has 2 nitrogen and oxygen atoms in total. The van der Waals surface area contributed by atoms with E-state index in [2.05, 4.69) is 23.1 Å². The number of hydrogen-bond donors (Lipinski definition) is 0. The fraction of sp³-hybridized carbons (Fsp3) is 1.00. The van der Waals surface area contributed by atoms with Crippen LogP contribution in [-0.2, 0) is 0 Å². The molecule has 0 aromatic carbocycles. The third-order valence-electron chi connectivity index (χ3n) is 3.57. The standard InChI is InChI=1S/C11H22N2S/c1-12-6-10-8-13(4-3-5-14-2)9-11(10)7-12/h10-11H,3-9H2,1-2H3/t10-,11+. The third-order valence-corrected chi connectivity index (χ3v) is 4.26. The average Bonchev–Trinajstić information content (AvgIpc) is 2.61. The molecule has 0 aromatic heterocycles. The van der Waals surface area contributed by atoms with Crippen molar-refractivity contribution in [1.29, 1.82) is 0 Å². The smallest absolute Gasteiger partial charge is 0.00256 e. The van der Waals surface area contributed by atoms with Gasteiger partial charge in [0.05, 0.1) is 0 Å². The van der Waals surface area contributed by atoms with Crippen LogP contribution in [0, 0.1) is 11.8 Å². The molecule has 2 rings (SSSR count). The first-order valence-corrected chi connectivity index (χ1v) is 7.09. The third kappa shape index (κ3) is 2.44. The Morgan fingerprint density at radius 1 is 1.14 bits per heavy atom. The second kappa shape index (κ2) is 4.86. The molecule has 0 aromatic rings. The molecule has 2 saturated heterocycles. The van der Waals surface area contributed by atoms with Crippen LogP contribution in [0.3, 0.4) is 0 Å². The van der Waals surface area contributed by atoms with Crippen molar-refractivity contribution in [3.63, 3.8) is 0 Å². The Balaban J connectivity index is 1.69. The van der Waals surface area contributed by atoms with Gasteiger partial charge in [0.25, 0.3) is 0 Å². The topological polar surface area (TPSA) is 6.48 Å². The molecule has 0 radical (unpaired) electrons. The van der Waals surface area contributed by atoms with Gasteiger partial charge < -0.3 is 9.80 Å². The zero-order chi connectivity index (χ0) is 9.97. The SMILES string of the molecule is CSCCCN1C[C@H]2CN(C)C[C@H]2C1. The van der Waals surface area contributed by atoms with Gasteiger partial charge in [-0.2, -0.15) is 11.8 Å². The van der Waals surface area contributed by atoms with E-state index >= 15 is 0 Å². The molecule has 2 aliphatic rings. The molecule has 82 valence electrons. The van der Waals surface area contributed by atoms with Crippen molar-refractivity contribution >= 4 is 11.8 Å². The highest BCUT2D eigenvalue weighted by Gasteiger charge is 2.37. The normalized spacial score (nSPS) is 33.9. The van der Waals surface area contributed by atoms with Crippen molar-refractivity contribution in [2.75, 3.05) is 51.8 Å². The molecule has 0 spiro atoms. The molecule has 2 heterocycles. The van der Waals surface area contributed by atoms with E-state index in [1.165, 1.54) is 44.9 Å². The summed E-state index contributed by atoms with van der Waals surface area (Å²) >= 11 is 1.97. The van der Waals surface area contributed by atoms with Crippen molar-refractivity contribution in [1.82, 2.24) is 9.80 Å². The van der Waals surface area contributed by atoms with Crippen molar-refractivity contribution in [3.05, 3.63) is 0 Å². The molecule has 2 aliphatic heterocycles. The summed E-state index contributed by atoms with van der Waals surface area (Å²) in [6.07, 6.45) is 3.57. The van der Waals surface area contributed by atoms with Gasteiger partial charge in [0.15, 0.2) is 0 Å². The first kappa shape index (κ1) is 10.8. The van der Waals surface area contributed by atoms with Crippen LogP contribution in [0.1, 0.15) is 6.42 Å². The maximum atomic E-state index is 2.68. The van der Waals surface area contributed by atoms with E-state index in [1.54, 1.807) is 0 Å². The van der Waals surface area contributed by atoms with Crippen molar-refractivity contribution < 1.29 is 0 Å². The maximum absolute atomic E-state index is 2.68. The number of fused-ring (bicyclic) bond motifs is 1. The lowest BCUT2D eigenvalue weighted by atomic mass is 10.0. The highest BCUT2D eigenvalue weighted by Crippen LogP contribution is 2.29. The Morgan fingerprint density at radius 3 is 2.36 bits per heavy atom. The Bertz CT molecular complexity index is 172. The number of nitrogens with zero attached hydrogens (tertiary/aromatic N) is 2. The zero-order valence-corrected chi connectivity index (χ0v) is 10.2. The number of hydrogen-bond acceptors (Lipinski definition) is 3. The second-order valence-corrected chi connectivity index (χ2v) is 5.83. The molecule has 0 saturated carbocycles. The van der Waals surface area contributed by atoms with Gasteiger partial charge >= 0.3 is 0 Å². The molecule has 3 heteroatoms. The monoisotopic (exact) mass is 214 g/mol. The van der Waals surface area contributed by atoms with E-state index in [9.17, 15) is 0 Å². The van der Waals surface area contributed by atoms with E-state index < -0.39 is 0 Å². The summed E-state index contributed by atoms with van der Waals surface area (Å²) in [7, 11) is 2.26. The van der Waals surface area contributed by atoms with Gasteiger partial charge in [-0.1, -0.05) is 0 Å². The number of thioether (sulfide) groups is 1. The van der Waals surface area contributed by atoms with E-state index in [0.29, 0.717) is 0 Å². The number of likely N-dealkylation sites (tertiary alicyclic amines) is 2. The largest absolute Gasteiger partial charge is 0.306 e. The van der Waals surface area contributed by atoms with Gasteiger partial charge in [0, 0.05) is 26.2 Å². The summed E-state index contributed by atoms with van der Waals surface area (Å²) in [6.45, 7) is 6.73. The van der Waals surface area contributed by atoms with Gasteiger partial charge in [-0.05, 0) is 43.9 Å². The van der Waals surface area contributed by atoms with Crippen LogP contribution >= 0.6 is 11.8 Å². The average molecular weight is 214 g/mol. The molecular weight excluding hydrogens is 192 g/mol. The molecule has 0 amide bonds. The van der Waals surface area contributed by atoms with Crippen molar-refractivity contribution in [2.24, 2.45) is 11.8 Å². The Morgan fingerprint density at radius 2 is 1.79 bits per heavy atom. The number of rotatable bonds is 4. The highest BCUT2D eigenvalue weighted by atomic mass is 32.2. The van der Waals surface area contributed by atoms with Crippen LogP contribution in [-0.4, -0.2) is 61.6 Å². The van der Waals surface area contributed by atoms with E-state index in [4.69, 9.17) is 0 Å². The van der Waals surface area contributed by atoms with E-state index in [0.717, 1.165) is 11.8 Å². The minimum Gasteiger partial charge on any atom is -0.306 e. The fourth-order valence-electron chi connectivity index (χ4n) is 2.94. The zero-order valence-electron chi connectivity index (χ0n) is 9.41. The fourth-order valence-corrected chi connectivity index (χ4v) is 3.36. The lowest BCUT2D eigenvalue weighted by Crippen LogP contribution is -2.27. The van der Waals surface area contributed by atoms with Crippen LogP contribution in [0.25, 0.3) is 0 Å². The van der Waals surface area contributed by atoms with Gasteiger partial charge in [-0.15, -0.1) is 0 Å². The molecular formula is C11H22N2S. The summed E-state index contributed by atoms with van der Waals surface area (Å²) < 4.78 is 0. The maximum Gasteiger partial charge on any atom is 0.00256 e. The predicted octanol–water partition coefficient (Wildman–Crippen LogP) is 1.23. The van der Waals surface area contributed by atoms with Gasteiger partial charge in [0.1, 0.15) is 0 Å². The minimum absolute atomic E-state index is 0.981. The molecule has 0 unspecified atom stereocenters. The van der Waals surface area contributed by atoms with E-state index in [-0.39, 0.29) is 0 Å². The Labute approximate surface area is 92.0 Å². The van der Waals surface area contributed by atoms with Crippen molar-refractivity contribution in [2.45, 2.75) is 6.42 Å². The van der Waals surface area contributed by atoms with E-state index in [1.807, 2.05) is 11.8 Å². The highest BCUT2D eigenvalue weighted by molar-refractivity contribution is 7.98. The predicted molar refractivity (Wildman–Crippen MR) is 63.9 cm³/mol. The van der Waals surface area contributed by atoms with Gasteiger partial charge in [-0.3, -0.25) is 0 Å². The molecule has 0 aliphatic carbocycles. The minimum atomic E-state index is 0.981. The first-order chi connectivity index (χ1) is 6.79. The Hall–Kier alpha value is 0.270. The van der Waals surface area contributed by atoms with Gasteiger partial charge in [-0.25, -0.2) is 0 Å². The summed E-state index contributed by atoms with van der Waals surface area (Å²) in [5, 5.41) is 0. The van der Waals surface area contributed by atoms with Crippen LogP contribution in [0.4, 0.5) is 0 Å². The van der Waals surface area contributed by atoms with Crippen LogP contribution in [0.5, 0.6) is 0 Å². The summed E-state index contributed by atoms with van der Waals surface area (Å²) in [5.74, 6) is 3.29. The lowest BCUT2D eigenvalue weighted by Gasteiger charge is -2.18. The van der Waals surface area contributed by atoms with Crippen LogP contribution in [0.15, 0.2) is 0 Å². The molecule has 14 heavy (non-hydrogen) atoms. The van der Waals surface area contributed by atoms with Crippen molar-refractivity contribution in [3.8, 4) is 0 Å². The summed E-state index contributed by atoms with van der Waals surface area (Å²) in [4.78, 5) is 5.17. The van der Waals surface area contributed by atoms with Crippen LogP contribution in [0.2, 0.25) is 0 Å².